The van der Waals surface area contributed by atoms with Gasteiger partial charge < -0.3 is 19.2 Å². The minimum absolute atomic E-state index is 0.0468. The van der Waals surface area contributed by atoms with Crippen molar-refractivity contribution < 1.29 is 19.1 Å². The number of hydrogen-bond donors (Lipinski definition) is 1. The topological polar surface area (TPSA) is 66.2 Å². The molecule has 3 fully saturated rings. The van der Waals surface area contributed by atoms with E-state index in [1.165, 1.54) is 12.5 Å². The van der Waals surface area contributed by atoms with Gasteiger partial charge in [0.1, 0.15) is 6.26 Å². The summed E-state index contributed by atoms with van der Waals surface area (Å²) in [5, 5.41) is 10.6. The maximum absolute atomic E-state index is 12.5. The summed E-state index contributed by atoms with van der Waals surface area (Å²) >= 11 is 0. The normalized spacial score (nSPS) is 35.3. The first kappa shape index (κ1) is 15.2. The van der Waals surface area contributed by atoms with Crippen LogP contribution in [-0.4, -0.2) is 72.4 Å². The van der Waals surface area contributed by atoms with E-state index in [0.717, 1.165) is 52.2 Å². The van der Waals surface area contributed by atoms with E-state index >= 15 is 0 Å². The predicted molar refractivity (Wildman–Crippen MR) is 83.0 cm³/mol. The molecule has 1 saturated carbocycles. The molecule has 0 unspecified atom stereocenters. The summed E-state index contributed by atoms with van der Waals surface area (Å²) in [7, 11) is 0. The number of carbonyl (C=O) groups is 1. The van der Waals surface area contributed by atoms with Crippen LogP contribution in [0.1, 0.15) is 23.2 Å². The first-order chi connectivity index (χ1) is 11.2. The molecule has 3 heterocycles. The maximum Gasteiger partial charge on any atom is 0.257 e. The summed E-state index contributed by atoms with van der Waals surface area (Å²) < 4.78 is 10.4. The van der Waals surface area contributed by atoms with Crippen LogP contribution in [0.3, 0.4) is 0 Å². The lowest BCUT2D eigenvalue weighted by Gasteiger charge is -2.43. The molecule has 1 aliphatic carbocycles. The Labute approximate surface area is 136 Å². The van der Waals surface area contributed by atoms with Crippen molar-refractivity contribution in [1.82, 2.24) is 9.80 Å². The van der Waals surface area contributed by atoms with Gasteiger partial charge in [0.25, 0.3) is 5.91 Å². The molecule has 1 aromatic heterocycles. The van der Waals surface area contributed by atoms with E-state index in [1.54, 1.807) is 6.07 Å². The van der Waals surface area contributed by atoms with Crippen molar-refractivity contribution in [3.05, 3.63) is 24.2 Å². The Morgan fingerprint density at radius 1 is 1.17 bits per heavy atom. The molecular formula is C17H24N2O4. The van der Waals surface area contributed by atoms with Crippen LogP contribution in [0.25, 0.3) is 0 Å². The number of likely N-dealkylation sites (tertiary alicyclic amines) is 1. The number of ether oxygens (including phenoxy) is 1. The average molecular weight is 320 g/mol. The third-order valence-corrected chi connectivity index (χ3v) is 5.68. The van der Waals surface area contributed by atoms with Crippen LogP contribution in [0.2, 0.25) is 0 Å². The molecule has 0 spiro atoms. The van der Waals surface area contributed by atoms with Crippen LogP contribution in [-0.2, 0) is 4.74 Å². The zero-order valence-corrected chi connectivity index (χ0v) is 13.3. The van der Waals surface area contributed by atoms with Gasteiger partial charge in [0.05, 0.1) is 31.1 Å². The van der Waals surface area contributed by atoms with Gasteiger partial charge in [0.15, 0.2) is 0 Å². The van der Waals surface area contributed by atoms with E-state index < -0.39 is 0 Å². The van der Waals surface area contributed by atoms with E-state index in [1.807, 2.05) is 4.90 Å². The number of amides is 1. The van der Waals surface area contributed by atoms with Gasteiger partial charge in [-0.05, 0) is 30.7 Å². The van der Waals surface area contributed by atoms with Crippen LogP contribution in [0.5, 0.6) is 0 Å². The second-order valence-corrected chi connectivity index (χ2v) is 7.00. The summed E-state index contributed by atoms with van der Waals surface area (Å²) in [6, 6.07) is 1.93. The Morgan fingerprint density at radius 2 is 1.91 bits per heavy atom. The second-order valence-electron chi connectivity index (χ2n) is 7.00. The highest BCUT2D eigenvalue weighted by atomic mass is 16.5. The number of aliphatic hydroxyl groups excluding tert-OH is 1. The van der Waals surface area contributed by atoms with E-state index in [0.29, 0.717) is 17.4 Å². The maximum atomic E-state index is 12.5. The van der Waals surface area contributed by atoms with E-state index in [9.17, 15) is 9.90 Å². The van der Waals surface area contributed by atoms with Gasteiger partial charge in [0, 0.05) is 32.2 Å². The van der Waals surface area contributed by atoms with Gasteiger partial charge >= 0.3 is 0 Å². The monoisotopic (exact) mass is 320 g/mol. The molecule has 4 rings (SSSR count). The zero-order valence-electron chi connectivity index (χ0n) is 13.3. The van der Waals surface area contributed by atoms with Gasteiger partial charge in [-0.15, -0.1) is 0 Å². The number of fused-ring (bicyclic) bond motifs is 1. The molecule has 2 aliphatic heterocycles. The van der Waals surface area contributed by atoms with Gasteiger partial charge in [-0.1, -0.05) is 0 Å². The zero-order chi connectivity index (χ0) is 15.8. The largest absolute Gasteiger partial charge is 0.472 e. The Morgan fingerprint density at radius 3 is 2.61 bits per heavy atom. The molecule has 23 heavy (non-hydrogen) atoms. The molecule has 3 aliphatic rings. The Hall–Kier alpha value is -1.37. The number of rotatable bonds is 2. The highest BCUT2D eigenvalue weighted by Crippen LogP contribution is 2.38. The van der Waals surface area contributed by atoms with Crippen LogP contribution < -0.4 is 0 Å². The van der Waals surface area contributed by atoms with Crippen molar-refractivity contribution in [2.75, 3.05) is 39.4 Å². The average Bonchev–Trinajstić information content (AvgIpc) is 3.23. The quantitative estimate of drug-likeness (QED) is 0.874. The first-order valence-electron chi connectivity index (χ1n) is 8.53. The number of morpholine rings is 1. The Kier molecular flexibility index (Phi) is 4.13. The molecule has 0 bridgehead atoms. The molecule has 0 aromatic carbocycles. The van der Waals surface area contributed by atoms with E-state index in [-0.39, 0.29) is 18.1 Å². The lowest BCUT2D eigenvalue weighted by molar-refractivity contribution is -0.0520. The summed E-state index contributed by atoms with van der Waals surface area (Å²) in [6.45, 7) is 4.85. The standard InChI is InChI=1S/C17H24N2O4/c20-16-8-14-10-19(17(21)12-1-4-23-11-12)9-13(14)7-15(16)18-2-5-22-6-3-18/h1,4,11,13-16,20H,2-3,5-10H2/t13-,14+,15-,16-/m1/s1. The van der Waals surface area contributed by atoms with Gasteiger partial charge in [-0.3, -0.25) is 9.69 Å². The van der Waals surface area contributed by atoms with Crippen LogP contribution in [0, 0.1) is 11.8 Å². The summed E-state index contributed by atoms with van der Waals surface area (Å²) in [6.07, 6.45) is 4.52. The lowest BCUT2D eigenvalue weighted by atomic mass is 9.77. The van der Waals surface area contributed by atoms with Crippen molar-refractivity contribution in [3.63, 3.8) is 0 Å². The van der Waals surface area contributed by atoms with Crippen molar-refractivity contribution in [1.29, 1.82) is 0 Å². The molecule has 1 amide bonds. The van der Waals surface area contributed by atoms with E-state index in [4.69, 9.17) is 9.15 Å². The Bertz CT molecular complexity index is 541. The second kappa shape index (κ2) is 6.26. The smallest absolute Gasteiger partial charge is 0.257 e. The number of nitrogens with zero attached hydrogens (tertiary/aromatic N) is 2. The third kappa shape index (κ3) is 2.91. The summed E-state index contributed by atoms with van der Waals surface area (Å²) in [4.78, 5) is 16.8. The van der Waals surface area contributed by atoms with Crippen molar-refractivity contribution in [2.24, 2.45) is 11.8 Å². The predicted octanol–water partition coefficient (Wildman–Crippen LogP) is 0.823. The van der Waals surface area contributed by atoms with Crippen LogP contribution >= 0.6 is 0 Å². The molecule has 6 heteroatoms. The highest BCUT2D eigenvalue weighted by molar-refractivity contribution is 5.94. The van der Waals surface area contributed by atoms with Crippen LogP contribution in [0.15, 0.2) is 23.0 Å². The molecule has 6 nitrogen and oxygen atoms in total. The SMILES string of the molecule is O=C(c1ccoc1)N1C[C@H]2C[C@@H](N3CCOCC3)[C@H](O)C[C@H]2C1. The molecule has 0 radical (unpaired) electrons. The number of aliphatic hydroxyl groups is 1. The molecule has 126 valence electrons. The number of carbonyl (C=O) groups excluding carboxylic acids is 1. The lowest BCUT2D eigenvalue weighted by Crippen LogP contribution is -2.53. The fourth-order valence-electron chi connectivity index (χ4n) is 4.44. The van der Waals surface area contributed by atoms with Gasteiger partial charge in [0.2, 0.25) is 0 Å². The molecule has 4 atom stereocenters. The third-order valence-electron chi connectivity index (χ3n) is 5.68. The summed E-state index contributed by atoms with van der Waals surface area (Å²) in [5.74, 6) is 0.950. The van der Waals surface area contributed by atoms with E-state index in [2.05, 4.69) is 4.90 Å². The van der Waals surface area contributed by atoms with Crippen molar-refractivity contribution >= 4 is 5.91 Å². The van der Waals surface area contributed by atoms with Gasteiger partial charge in [-0.25, -0.2) is 0 Å². The fraction of sp³-hybridized carbons (Fsp3) is 0.706. The first-order valence-corrected chi connectivity index (χ1v) is 8.53. The molecule has 1 N–H and O–H groups in total. The number of hydrogen-bond acceptors (Lipinski definition) is 5. The van der Waals surface area contributed by atoms with Gasteiger partial charge in [-0.2, -0.15) is 0 Å². The summed E-state index contributed by atoms with van der Waals surface area (Å²) in [5.41, 5.74) is 0.619. The molecule has 2 saturated heterocycles. The highest BCUT2D eigenvalue weighted by Gasteiger charge is 2.44. The minimum atomic E-state index is -0.293. The minimum Gasteiger partial charge on any atom is -0.472 e. The Balaban J connectivity index is 1.42. The number of furan rings is 1. The van der Waals surface area contributed by atoms with Crippen molar-refractivity contribution in [2.45, 2.75) is 25.0 Å². The van der Waals surface area contributed by atoms with Crippen molar-refractivity contribution in [3.8, 4) is 0 Å². The van der Waals surface area contributed by atoms with Crippen LogP contribution in [0.4, 0.5) is 0 Å². The fourth-order valence-corrected chi connectivity index (χ4v) is 4.44. The molecular weight excluding hydrogens is 296 g/mol. The molecule has 1 aromatic rings.